The first kappa shape index (κ1) is 35.1. The Kier molecular flexibility index (Phi) is 11.6. The van der Waals surface area contributed by atoms with Crippen LogP contribution in [0.3, 0.4) is 0 Å². The fourth-order valence-corrected chi connectivity index (χ4v) is 6.31. The van der Waals surface area contributed by atoms with E-state index in [9.17, 15) is 19.2 Å². The van der Waals surface area contributed by atoms with Crippen LogP contribution in [0.25, 0.3) is 11.1 Å². The smallest absolute Gasteiger partial charge is 0.338 e. The molecule has 0 saturated carbocycles. The number of hydrogen-bond donors (Lipinski definition) is 0. The number of thioether (sulfide) groups is 1. The van der Waals surface area contributed by atoms with Crippen molar-refractivity contribution in [3.05, 3.63) is 145 Å². The molecule has 1 aliphatic rings. The highest BCUT2D eigenvalue weighted by molar-refractivity contribution is 7.99. The lowest BCUT2D eigenvalue weighted by molar-refractivity contribution is -0.211. The van der Waals surface area contributed by atoms with E-state index in [1.165, 1.54) is 0 Å². The van der Waals surface area contributed by atoms with Gasteiger partial charge in [-0.15, -0.1) is 6.58 Å². The summed E-state index contributed by atoms with van der Waals surface area (Å²) < 4.78 is 36.2. The molecule has 0 N–H and O–H groups in total. The van der Waals surface area contributed by atoms with Crippen LogP contribution in [-0.4, -0.2) is 65.3 Å². The van der Waals surface area contributed by atoms with Crippen molar-refractivity contribution in [2.45, 2.75) is 47.9 Å². The maximum Gasteiger partial charge on any atom is 0.338 e. The van der Waals surface area contributed by atoms with Gasteiger partial charge in [-0.3, -0.25) is 4.79 Å². The number of aromatic nitrogens is 1. The van der Waals surface area contributed by atoms with Crippen LogP contribution in [0.2, 0.25) is 0 Å². The quantitative estimate of drug-likeness (QED) is 0.0720. The average Bonchev–Trinajstić information content (AvgIpc) is 3.58. The van der Waals surface area contributed by atoms with E-state index in [0.29, 0.717) is 17.5 Å². The minimum absolute atomic E-state index is 0.0511. The van der Waals surface area contributed by atoms with Gasteiger partial charge in [0.2, 0.25) is 0 Å². The summed E-state index contributed by atoms with van der Waals surface area (Å²) in [5, 5.41) is 0.163. The van der Waals surface area contributed by atoms with E-state index in [1.807, 2.05) is 6.07 Å². The minimum Gasteiger partial charge on any atom is -0.463 e. The molecular formula is C39H33NO10S. The molecule has 0 spiro atoms. The summed E-state index contributed by atoms with van der Waals surface area (Å²) in [5.74, 6) is -2.86. The normalized spacial score (nSPS) is 19.8. The fraction of sp³-hybridized carbons (Fsp3) is 0.205. The lowest BCUT2D eigenvalue weighted by atomic mass is 9.98. The number of ether oxygens (including phenoxy) is 5. The summed E-state index contributed by atoms with van der Waals surface area (Å²) in [7, 11) is 0. The highest BCUT2D eigenvalue weighted by Crippen LogP contribution is 2.39. The third-order valence-electron chi connectivity index (χ3n) is 7.80. The minimum atomic E-state index is -1.47. The Morgan fingerprint density at radius 2 is 1.20 bits per heavy atom. The number of carbonyl (C=O) groups excluding carboxylic acids is 4. The predicted molar refractivity (Wildman–Crippen MR) is 186 cm³/mol. The van der Waals surface area contributed by atoms with Crippen LogP contribution in [0.4, 0.5) is 0 Å². The Balaban J connectivity index is 1.42. The number of benzene rings is 4. The molecule has 11 nitrogen and oxygen atoms in total. The summed E-state index contributed by atoms with van der Waals surface area (Å²) >= 11 is 0.969. The maximum absolute atomic E-state index is 13.7. The van der Waals surface area contributed by atoms with Gasteiger partial charge in [0.05, 0.1) is 16.7 Å². The molecule has 0 unspecified atom stereocenters. The first-order valence-corrected chi connectivity index (χ1v) is 17.0. The molecule has 2 heterocycles. The van der Waals surface area contributed by atoms with Gasteiger partial charge in [-0.05, 0) is 66.7 Å². The van der Waals surface area contributed by atoms with E-state index in [2.05, 4.69) is 11.6 Å². The van der Waals surface area contributed by atoms with Gasteiger partial charge in [0.15, 0.2) is 29.3 Å². The van der Waals surface area contributed by atoms with E-state index in [0.717, 1.165) is 11.8 Å². The lowest BCUT2D eigenvalue weighted by Gasteiger charge is -2.44. The van der Waals surface area contributed by atoms with Crippen LogP contribution in [0.1, 0.15) is 43.9 Å². The second-order valence-electron chi connectivity index (χ2n) is 11.3. The number of para-hydroxylation sites is 2. The van der Waals surface area contributed by atoms with E-state index < -0.39 is 60.3 Å². The Bertz CT molecular complexity index is 1930. The van der Waals surface area contributed by atoms with Gasteiger partial charge in [0.1, 0.15) is 18.2 Å². The van der Waals surface area contributed by atoms with Gasteiger partial charge in [0.25, 0.3) is 5.22 Å². The van der Waals surface area contributed by atoms with Crippen LogP contribution in [0.15, 0.2) is 138 Å². The number of rotatable bonds is 13. The molecule has 4 aromatic carbocycles. The maximum atomic E-state index is 13.7. The number of allylic oxidation sites excluding steroid dienone is 1. The average molecular weight is 708 g/mol. The van der Waals surface area contributed by atoms with Crippen molar-refractivity contribution in [2.75, 3.05) is 6.61 Å². The molecule has 12 heteroatoms. The van der Waals surface area contributed by atoms with Gasteiger partial charge < -0.3 is 28.1 Å². The Morgan fingerprint density at radius 3 is 1.75 bits per heavy atom. The number of oxazole rings is 1. The lowest BCUT2D eigenvalue weighted by Crippen LogP contribution is -2.61. The second-order valence-corrected chi connectivity index (χ2v) is 12.4. The van der Waals surface area contributed by atoms with Crippen LogP contribution in [0.5, 0.6) is 0 Å². The molecule has 0 aliphatic carbocycles. The molecule has 0 amide bonds. The zero-order chi connectivity index (χ0) is 35.6. The topological polar surface area (TPSA) is 140 Å². The first-order valence-electron chi connectivity index (χ1n) is 16.1. The Hall–Kier alpha value is -5.72. The van der Waals surface area contributed by atoms with Crippen molar-refractivity contribution in [1.82, 2.24) is 4.98 Å². The van der Waals surface area contributed by atoms with Crippen molar-refractivity contribution in [2.24, 2.45) is 0 Å². The van der Waals surface area contributed by atoms with Gasteiger partial charge >= 0.3 is 23.9 Å². The third kappa shape index (κ3) is 8.91. The SMILES string of the molecule is C=CCCC(=O)OC[C@H]1O[C@@H](Sc2nc3ccccc3o2)[C@H](OC(=O)c2ccccc2)[C@@H](OC(=O)c2ccccc2)[C@@H]1OC(=O)c1ccccc1. The molecule has 260 valence electrons. The number of carbonyl (C=O) groups is 4. The monoisotopic (exact) mass is 707 g/mol. The number of esters is 4. The number of hydrogen-bond acceptors (Lipinski definition) is 12. The summed E-state index contributed by atoms with van der Waals surface area (Å²) in [5.41, 5.74) is 0.523. The van der Waals surface area contributed by atoms with Crippen molar-refractivity contribution >= 4 is 46.7 Å². The van der Waals surface area contributed by atoms with E-state index in [-0.39, 0.29) is 28.3 Å². The van der Waals surface area contributed by atoms with Crippen molar-refractivity contribution in [3.63, 3.8) is 0 Å². The molecule has 0 radical (unpaired) electrons. The van der Waals surface area contributed by atoms with E-state index >= 15 is 0 Å². The number of fused-ring (bicyclic) bond motifs is 1. The molecule has 5 atom stereocenters. The van der Waals surface area contributed by atoms with Crippen LogP contribution in [-0.2, 0) is 28.5 Å². The summed E-state index contributed by atoms with van der Waals surface area (Å²) in [4.78, 5) is 58.1. The highest BCUT2D eigenvalue weighted by Gasteiger charge is 2.54. The summed E-state index contributed by atoms with van der Waals surface area (Å²) in [6.45, 7) is 3.24. The fourth-order valence-electron chi connectivity index (χ4n) is 5.27. The largest absolute Gasteiger partial charge is 0.463 e. The molecule has 51 heavy (non-hydrogen) atoms. The molecule has 5 aromatic rings. The molecule has 1 fully saturated rings. The molecule has 1 saturated heterocycles. The second kappa shape index (κ2) is 16.8. The van der Waals surface area contributed by atoms with Crippen molar-refractivity contribution in [1.29, 1.82) is 0 Å². The van der Waals surface area contributed by atoms with Crippen LogP contribution in [0, 0.1) is 0 Å². The Labute approximate surface area is 297 Å². The predicted octanol–water partition coefficient (Wildman–Crippen LogP) is 6.83. The molecule has 1 aliphatic heterocycles. The van der Waals surface area contributed by atoms with E-state index in [4.69, 9.17) is 28.1 Å². The van der Waals surface area contributed by atoms with Crippen LogP contribution < -0.4 is 0 Å². The number of nitrogens with zero attached hydrogens (tertiary/aromatic N) is 1. The van der Waals surface area contributed by atoms with Gasteiger partial charge in [-0.1, -0.05) is 72.8 Å². The Morgan fingerprint density at radius 1 is 0.686 bits per heavy atom. The molecule has 0 bridgehead atoms. The zero-order valence-corrected chi connectivity index (χ0v) is 28.0. The van der Waals surface area contributed by atoms with Crippen LogP contribution >= 0.6 is 11.8 Å². The van der Waals surface area contributed by atoms with Crippen molar-refractivity contribution in [3.8, 4) is 0 Å². The van der Waals surface area contributed by atoms with Crippen molar-refractivity contribution < 1.29 is 47.3 Å². The highest BCUT2D eigenvalue weighted by atomic mass is 32.2. The molecular weight excluding hydrogens is 674 g/mol. The summed E-state index contributed by atoms with van der Waals surface area (Å²) in [6.07, 6.45) is -3.48. The van der Waals surface area contributed by atoms with Gasteiger partial charge in [-0.25, -0.2) is 19.4 Å². The third-order valence-corrected chi connectivity index (χ3v) is 8.79. The van der Waals surface area contributed by atoms with Gasteiger partial charge in [-0.2, -0.15) is 0 Å². The molecule has 1 aromatic heterocycles. The zero-order valence-electron chi connectivity index (χ0n) is 27.2. The van der Waals surface area contributed by atoms with E-state index in [1.54, 1.807) is 115 Å². The molecule has 6 rings (SSSR count). The standard InChI is InChI=1S/C39H33NO10S/c1-2-3-23-31(41)45-24-30-32(48-35(42)25-15-7-4-8-16-25)33(49-36(43)26-17-9-5-10-18-26)34(50-37(44)27-19-11-6-12-20-27)38(46-30)51-39-40-28-21-13-14-22-29(28)47-39/h2,4-22,30,32-34,38H,1,3,23-24H2/t30-,32-,33+,34-,38+/m1/s1. The summed E-state index contributed by atoms with van der Waals surface area (Å²) in [6, 6.07) is 31.7. The van der Waals surface area contributed by atoms with Gasteiger partial charge in [0, 0.05) is 6.42 Å². The first-order chi connectivity index (χ1) is 24.9.